The minimum atomic E-state index is -1.36. The zero-order chi connectivity index (χ0) is 13.9. The van der Waals surface area contributed by atoms with Crippen molar-refractivity contribution >= 4 is 12.6 Å². The third-order valence-electron chi connectivity index (χ3n) is 5.02. The summed E-state index contributed by atoms with van der Waals surface area (Å²) in [6, 6.07) is 8.47. The maximum Gasteiger partial charge on any atom is 0.488 e. The van der Waals surface area contributed by atoms with Crippen LogP contribution in [0, 0.1) is 5.92 Å². The summed E-state index contributed by atoms with van der Waals surface area (Å²) in [5.74, 6) is 0.913. The van der Waals surface area contributed by atoms with Gasteiger partial charge < -0.3 is 10.0 Å². The van der Waals surface area contributed by atoms with Gasteiger partial charge in [0.15, 0.2) is 0 Å². The van der Waals surface area contributed by atoms with Crippen LogP contribution in [0.1, 0.15) is 44.1 Å². The van der Waals surface area contributed by atoms with Crippen molar-refractivity contribution in [2.45, 2.75) is 51.1 Å². The van der Waals surface area contributed by atoms with Gasteiger partial charge in [-0.2, -0.15) is 0 Å². The predicted octanol–water partition coefficient (Wildman–Crippen LogP) is 1.52. The molecule has 1 unspecified atom stereocenters. The Balaban J connectivity index is 1.63. The van der Waals surface area contributed by atoms with Gasteiger partial charge in [0.05, 0.1) is 0 Å². The van der Waals surface area contributed by atoms with E-state index in [-0.39, 0.29) is 0 Å². The van der Waals surface area contributed by atoms with Crippen molar-refractivity contribution in [2.75, 3.05) is 6.54 Å². The van der Waals surface area contributed by atoms with Gasteiger partial charge in [-0.25, -0.2) is 0 Å². The van der Waals surface area contributed by atoms with Crippen molar-refractivity contribution < 1.29 is 10.0 Å². The molecule has 1 aliphatic heterocycles. The van der Waals surface area contributed by atoms with Gasteiger partial charge >= 0.3 is 7.12 Å². The van der Waals surface area contributed by atoms with E-state index >= 15 is 0 Å². The van der Waals surface area contributed by atoms with Crippen LogP contribution in [0.15, 0.2) is 24.3 Å². The molecule has 1 heterocycles. The number of benzene rings is 1. The van der Waals surface area contributed by atoms with E-state index in [0.717, 1.165) is 18.5 Å². The molecule has 0 amide bonds. The molecule has 2 N–H and O–H groups in total. The van der Waals surface area contributed by atoms with Crippen LogP contribution >= 0.6 is 0 Å². The summed E-state index contributed by atoms with van der Waals surface area (Å²) >= 11 is 0. The summed E-state index contributed by atoms with van der Waals surface area (Å²) in [5.41, 5.74) is 1.85. The molecule has 1 atom stereocenters. The van der Waals surface area contributed by atoms with Crippen LogP contribution in [-0.4, -0.2) is 34.7 Å². The molecule has 4 heteroatoms. The smallest absolute Gasteiger partial charge is 0.423 e. The first-order valence-corrected chi connectivity index (χ1v) is 7.93. The minimum absolute atomic E-state index is 0.572. The Kier molecular flexibility index (Phi) is 4.44. The lowest BCUT2D eigenvalue weighted by atomic mass is 9.80. The second-order valence-electron chi connectivity index (χ2n) is 6.34. The standard InChI is InChI=1S/C16H24BNO2/c19-17(20)15-9-7-13(8-10-15)12-18-11-3-6-16(18)14-4-1-2-5-14/h7-10,14,16,19-20H,1-6,11-12H2. The predicted molar refractivity (Wildman–Crippen MR) is 81.7 cm³/mol. The highest BCUT2D eigenvalue weighted by Gasteiger charge is 2.32. The monoisotopic (exact) mass is 273 g/mol. The normalized spacial score (nSPS) is 24.4. The molecular weight excluding hydrogens is 249 g/mol. The quantitative estimate of drug-likeness (QED) is 0.817. The van der Waals surface area contributed by atoms with E-state index in [0.29, 0.717) is 5.46 Å². The Hall–Kier alpha value is -0.835. The number of hydrogen-bond donors (Lipinski definition) is 2. The van der Waals surface area contributed by atoms with Crippen LogP contribution in [0.3, 0.4) is 0 Å². The van der Waals surface area contributed by atoms with Crippen molar-refractivity contribution in [3.05, 3.63) is 29.8 Å². The first kappa shape index (κ1) is 14.1. The van der Waals surface area contributed by atoms with Crippen LogP contribution < -0.4 is 5.46 Å². The summed E-state index contributed by atoms with van der Waals surface area (Å²) in [7, 11) is -1.36. The van der Waals surface area contributed by atoms with Gasteiger partial charge in [-0.1, -0.05) is 37.1 Å². The van der Waals surface area contributed by atoms with Crippen LogP contribution in [0.2, 0.25) is 0 Å². The van der Waals surface area contributed by atoms with Crippen molar-refractivity contribution in [3.63, 3.8) is 0 Å². The molecule has 1 aromatic rings. The average molecular weight is 273 g/mol. The highest BCUT2D eigenvalue weighted by atomic mass is 16.4. The SMILES string of the molecule is OB(O)c1ccc(CN2CCCC2C2CCCC2)cc1. The molecule has 1 saturated heterocycles. The molecular formula is C16H24BNO2. The van der Waals surface area contributed by atoms with E-state index < -0.39 is 7.12 Å². The second kappa shape index (κ2) is 6.29. The Labute approximate surface area is 121 Å². The maximum absolute atomic E-state index is 9.13. The lowest BCUT2D eigenvalue weighted by Crippen LogP contribution is -2.34. The average Bonchev–Trinajstić information content (AvgIpc) is 3.09. The molecule has 1 aliphatic carbocycles. The van der Waals surface area contributed by atoms with Gasteiger partial charge in [0.2, 0.25) is 0 Å². The summed E-state index contributed by atoms with van der Waals surface area (Å²) in [4.78, 5) is 2.64. The lowest BCUT2D eigenvalue weighted by Gasteiger charge is -2.29. The number of nitrogens with zero attached hydrogens (tertiary/aromatic N) is 1. The van der Waals surface area contributed by atoms with Crippen LogP contribution in [0.5, 0.6) is 0 Å². The van der Waals surface area contributed by atoms with E-state index in [1.54, 1.807) is 0 Å². The van der Waals surface area contributed by atoms with Gasteiger partial charge in [0, 0.05) is 12.6 Å². The Morgan fingerprint density at radius 2 is 1.70 bits per heavy atom. The molecule has 0 bridgehead atoms. The Morgan fingerprint density at radius 1 is 1.00 bits per heavy atom. The van der Waals surface area contributed by atoms with Gasteiger partial charge in [-0.3, -0.25) is 4.90 Å². The Morgan fingerprint density at radius 3 is 2.35 bits per heavy atom. The lowest BCUT2D eigenvalue weighted by molar-refractivity contribution is 0.183. The molecule has 2 fully saturated rings. The first-order chi connectivity index (χ1) is 9.74. The van der Waals surface area contributed by atoms with E-state index in [1.807, 2.05) is 24.3 Å². The van der Waals surface area contributed by atoms with E-state index in [4.69, 9.17) is 10.0 Å². The van der Waals surface area contributed by atoms with E-state index in [1.165, 1.54) is 50.6 Å². The highest BCUT2D eigenvalue weighted by molar-refractivity contribution is 6.58. The van der Waals surface area contributed by atoms with Gasteiger partial charge in [-0.15, -0.1) is 0 Å². The molecule has 2 aliphatic rings. The third kappa shape index (κ3) is 3.08. The van der Waals surface area contributed by atoms with Crippen LogP contribution in [0.4, 0.5) is 0 Å². The van der Waals surface area contributed by atoms with Gasteiger partial charge in [-0.05, 0) is 49.2 Å². The summed E-state index contributed by atoms with van der Waals surface area (Å²) in [5, 5.41) is 18.3. The van der Waals surface area contributed by atoms with Crippen molar-refractivity contribution in [3.8, 4) is 0 Å². The first-order valence-electron chi connectivity index (χ1n) is 7.93. The zero-order valence-electron chi connectivity index (χ0n) is 12.0. The minimum Gasteiger partial charge on any atom is -0.423 e. The number of likely N-dealkylation sites (tertiary alicyclic amines) is 1. The molecule has 108 valence electrons. The third-order valence-corrected chi connectivity index (χ3v) is 5.02. The van der Waals surface area contributed by atoms with Gasteiger partial charge in [0.25, 0.3) is 0 Å². The number of rotatable bonds is 4. The topological polar surface area (TPSA) is 43.7 Å². The molecule has 0 aromatic heterocycles. The molecule has 1 saturated carbocycles. The summed E-state index contributed by atoms with van der Waals surface area (Å²) in [6.45, 7) is 2.22. The highest BCUT2D eigenvalue weighted by Crippen LogP contribution is 2.35. The fourth-order valence-electron chi connectivity index (χ4n) is 3.95. The maximum atomic E-state index is 9.13. The van der Waals surface area contributed by atoms with Crippen LogP contribution in [-0.2, 0) is 6.54 Å². The number of hydrogen-bond acceptors (Lipinski definition) is 3. The fourth-order valence-corrected chi connectivity index (χ4v) is 3.95. The zero-order valence-corrected chi connectivity index (χ0v) is 12.0. The molecule has 1 aromatic carbocycles. The van der Waals surface area contributed by atoms with E-state index in [9.17, 15) is 0 Å². The molecule has 0 radical (unpaired) electrons. The Bertz CT molecular complexity index is 429. The second-order valence-corrected chi connectivity index (χ2v) is 6.34. The van der Waals surface area contributed by atoms with Crippen LogP contribution in [0.25, 0.3) is 0 Å². The molecule has 0 spiro atoms. The van der Waals surface area contributed by atoms with E-state index in [2.05, 4.69) is 4.90 Å². The summed E-state index contributed by atoms with van der Waals surface area (Å²) < 4.78 is 0. The summed E-state index contributed by atoms with van der Waals surface area (Å²) in [6.07, 6.45) is 8.34. The molecule has 3 rings (SSSR count). The molecule has 20 heavy (non-hydrogen) atoms. The fraction of sp³-hybridized carbons (Fsp3) is 0.625. The van der Waals surface area contributed by atoms with Crippen molar-refractivity contribution in [1.29, 1.82) is 0 Å². The van der Waals surface area contributed by atoms with Crippen molar-refractivity contribution in [2.24, 2.45) is 5.92 Å². The largest absolute Gasteiger partial charge is 0.488 e. The van der Waals surface area contributed by atoms with Gasteiger partial charge in [0.1, 0.15) is 0 Å². The molecule has 3 nitrogen and oxygen atoms in total. The van der Waals surface area contributed by atoms with Crippen molar-refractivity contribution in [1.82, 2.24) is 4.90 Å².